The van der Waals surface area contributed by atoms with E-state index in [4.69, 9.17) is 38.9 Å². The normalized spacial score (nSPS) is 15.0. The summed E-state index contributed by atoms with van der Waals surface area (Å²) in [7, 11) is 0. The lowest BCUT2D eigenvalue weighted by molar-refractivity contribution is 0.240. The molecule has 0 amide bonds. The van der Waals surface area contributed by atoms with Gasteiger partial charge in [-0.1, -0.05) is 48.5 Å². The van der Waals surface area contributed by atoms with Gasteiger partial charge in [-0.05, 0) is 113 Å². The molecule has 0 fully saturated rings. The Balaban J connectivity index is 1.57. The maximum absolute atomic E-state index is 17.0. The molecule has 0 unspecified atom stereocenters. The summed E-state index contributed by atoms with van der Waals surface area (Å²) in [6.45, 7) is 8.83. The van der Waals surface area contributed by atoms with E-state index in [1.807, 2.05) is 27.7 Å². The molecular formula is C50H42F4N4O4. The van der Waals surface area contributed by atoms with Crippen molar-refractivity contribution in [2.24, 2.45) is 20.0 Å². The Morgan fingerprint density at radius 1 is 0.371 bits per heavy atom. The van der Waals surface area contributed by atoms with Crippen LogP contribution in [0, 0.1) is 23.3 Å². The van der Waals surface area contributed by atoms with Crippen molar-refractivity contribution in [1.82, 2.24) is 0 Å². The summed E-state index contributed by atoms with van der Waals surface area (Å²) < 4.78 is 89.3. The van der Waals surface area contributed by atoms with Crippen LogP contribution in [0.25, 0.3) is 0 Å². The van der Waals surface area contributed by atoms with Crippen LogP contribution in [0.4, 0.5) is 17.6 Å². The lowest BCUT2D eigenvalue weighted by atomic mass is 9.81. The third-order valence-corrected chi connectivity index (χ3v) is 10.3. The Labute approximate surface area is 357 Å². The van der Waals surface area contributed by atoms with Crippen LogP contribution in [0.5, 0.6) is 23.0 Å². The summed E-state index contributed by atoms with van der Waals surface area (Å²) >= 11 is 0. The largest absolute Gasteiger partial charge is 0.494 e. The highest BCUT2D eigenvalue weighted by molar-refractivity contribution is 6.56. The molecular weight excluding hydrogens is 797 g/mol. The van der Waals surface area contributed by atoms with E-state index in [2.05, 4.69) is 0 Å². The van der Waals surface area contributed by atoms with Gasteiger partial charge in [0.25, 0.3) is 0 Å². The highest BCUT2D eigenvalue weighted by Gasteiger charge is 2.62. The standard InChI is InChI=1S/C50H42F4N4O4/c1-5-59-37-17-9-13-31(25-37)45-46(32-14-10-18-38(26-32)60-6-2)56-49(55-45,41-29-35(51)21-23-43(41)53)50(42-30-36(52)22-24-44(42)54)57-47(33-15-11-19-39(27-33)61-7-3)48(58-50)34-16-12-20-40(28-34)62-8-4/h9-30H,5-8H2,1-4H3. The maximum atomic E-state index is 17.0. The Bertz CT molecular complexity index is 2460. The number of ether oxygens (including phenoxy) is 4. The summed E-state index contributed by atoms with van der Waals surface area (Å²) in [6, 6.07) is 33.9. The molecule has 0 radical (unpaired) electrons. The van der Waals surface area contributed by atoms with Crippen molar-refractivity contribution < 1.29 is 36.5 Å². The summed E-state index contributed by atoms with van der Waals surface area (Å²) in [5.74, 6) is -1.57. The Hall–Kier alpha value is -7.08. The van der Waals surface area contributed by atoms with Crippen molar-refractivity contribution in [3.63, 3.8) is 0 Å². The number of aliphatic imine (C=N–C) groups is 4. The van der Waals surface area contributed by atoms with E-state index in [0.717, 1.165) is 36.4 Å². The number of rotatable bonds is 15. The first-order chi connectivity index (χ1) is 30.1. The van der Waals surface area contributed by atoms with Gasteiger partial charge < -0.3 is 18.9 Å². The van der Waals surface area contributed by atoms with Gasteiger partial charge in [-0.15, -0.1) is 0 Å². The average Bonchev–Trinajstić information content (AvgIpc) is 3.89. The maximum Gasteiger partial charge on any atom is 0.229 e. The molecule has 0 N–H and O–H groups in total. The van der Waals surface area contributed by atoms with Crippen molar-refractivity contribution in [2.75, 3.05) is 26.4 Å². The van der Waals surface area contributed by atoms with E-state index in [9.17, 15) is 0 Å². The fourth-order valence-corrected chi connectivity index (χ4v) is 7.77. The Morgan fingerprint density at radius 2 is 0.645 bits per heavy atom. The van der Waals surface area contributed by atoms with Gasteiger partial charge in [0.2, 0.25) is 11.3 Å². The summed E-state index contributed by atoms with van der Waals surface area (Å²) in [5, 5.41) is 0. The van der Waals surface area contributed by atoms with Crippen molar-refractivity contribution in [3.05, 3.63) is 190 Å². The second kappa shape index (κ2) is 17.5. The minimum Gasteiger partial charge on any atom is -0.494 e. The van der Waals surface area contributed by atoms with Gasteiger partial charge in [-0.3, -0.25) is 0 Å². The fraction of sp³-hybridized carbons (Fsp3) is 0.200. The quantitative estimate of drug-likeness (QED) is 0.0964. The minimum absolute atomic E-state index is 0.192. The van der Waals surface area contributed by atoms with Crippen LogP contribution in [0.3, 0.4) is 0 Å². The lowest BCUT2D eigenvalue weighted by Crippen LogP contribution is -2.44. The topological polar surface area (TPSA) is 86.4 Å². The zero-order valence-electron chi connectivity index (χ0n) is 34.5. The number of hydrogen-bond donors (Lipinski definition) is 0. The van der Waals surface area contributed by atoms with Gasteiger partial charge >= 0.3 is 0 Å². The molecule has 0 bridgehead atoms. The van der Waals surface area contributed by atoms with Crippen LogP contribution in [-0.4, -0.2) is 49.3 Å². The van der Waals surface area contributed by atoms with Crippen LogP contribution in [0.2, 0.25) is 0 Å². The van der Waals surface area contributed by atoms with Crippen LogP contribution in [0.15, 0.2) is 153 Å². The molecule has 0 atom stereocenters. The predicted molar refractivity (Wildman–Crippen MR) is 233 cm³/mol. The van der Waals surface area contributed by atoms with E-state index in [1.165, 1.54) is 0 Å². The molecule has 2 heterocycles. The zero-order valence-corrected chi connectivity index (χ0v) is 34.5. The van der Waals surface area contributed by atoms with Crippen LogP contribution in [0.1, 0.15) is 61.1 Å². The summed E-state index contributed by atoms with van der Waals surface area (Å²) in [6.07, 6.45) is 0. The molecule has 2 aliphatic rings. The molecule has 0 saturated carbocycles. The van der Waals surface area contributed by atoms with Crippen molar-refractivity contribution in [3.8, 4) is 23.0 Å². The SMILES string of the molecule is CCOc1cccc(C2=NC(c3cc(F)ccc3F)(C3(c4cc(F)ccc4F)N=C(c4cccc(OCC)c4)C(c4cccc(OCC)c4)=N3)N=C2c2cccc(OCC)c2)c1. The number of hydrogen-bond acceptors (Lipinski definition) is 8. The summed E-state index contributed by atoms with van der Waals surface area (Å²) in [5.41, 5.74) is -3.19. The molecule has 314 valence electrons. The first kappa shape index (κ1) is 41.6. The van der Waals surface area contributed by atoms with Gasteiger partial charge in [0.05, 0.1) is 49.3 Å². The van der Waals surface area contributed by atoms with Crippen LogP contribution in [-0.2, 0) is 11.3 Å². The van der Waals surface area contributed by atoms with Gasteiger partial charge in [0, 0.05) is 33.4 Å². The van der Waals surface area contributed by atoms with Gasteiger partial charge in [0.15, 0.2) is 0 Å². The molecule has 0 aromatic heterocycles. The molecule has 6 aromatic carbocycles. The molecule has 0 spiro atoms. The lowest BCUT2D eigenvalue weighted by Gasteiger charge is -2.38. The van der Waals surface area contributed by atoms with Crippen molar-refractivity contribution in [2.45, 2.75) is 39.0 Å². The van der Waals surface area contributed by atoms with Crippen LogP contribution >= 0.6 is 0 Å². The van der Waals surface area contributed by atoms with E-state index >= 15 is 17.6 Å². The third-order valence-electron chi connectivity index (χ3n) is 10.3. The Morgan fingerprint density at radius 3 is 0.903 bits per heavy atom. The van der Waals surface area contributed by atoms with Crippen LogP contribution < -0.4 is 18.9 Å². The van der Waals surface area contributed by atoms with Gasteiger partial charge in [-0.25, -0.2) is 37.5 Å². The van der Waals surface area contributed by atoms with E-state index in [0.29, 0.717) is 71.7 Å². The monoisotopic (exact) mass is 838 g/mol. The molecule has 2 aliphatic heterocycles. The van der Waals surface area contributed by atoms with Crippen molar-refractivity contribution in [1.29, 1.82) is 0 Å². The average molecular weight is 839 g/mol. The first-order valence-electron chi connectivity index (χ1n) is 20.4. The predicted octanol–water partition coefficient (Wildman–Crippen LogP) is 10.8. The van der Waals surface area contributed by atoms with Gasteiger partial charge in [-0.2, -0.15) is 0 Å². The third kappa shape index (κ3) is 7.72. The molecule has 0 saturated heterocycles. The van der Waals surface area contributed by atoms with Crippen molar-refractivity contribution >= 4 is 22.8 Å². The van der Waals surface area contributed by atoms with E-state index in [-0.39, 0.29) is 22.8 Å². The molecule has 6 aromatic rings. The first-order valence-corrected chi connectivity index (χ1v) is 20.4. The minimum atomic E-state index is -2.50. The molecule has 8 nitrogen and oxygen atoms in total. The smallest absolute Gasteiger partial charge is 0.229 e. The van der Waals surface area contributed by atoms with E-state index in [1.54, 1.807) is 97.1 Å². The molecule has 8 rings (SSSR count). The van der Waals surface area contributed by atoms with E-state index < -0.39 is 45.7 Å². The highest BCUT2D eigenvalue weighted by Crippen LogP contribution is 2.56. The number of halogens is 4. The molecule has 12 heteroatoms. The van der Waals surface area contributed by atoms with Gasteiger partial charge in [0.1, 0.15) is 46.3 Å². The molecule has 0 aliphatic carbocycles. The summed E-state index contributed by atoms with van der Waals surface area (Å²) in [4.78, 5) is 21.2. The fourth-order valence-electron chi connectivity index (χ4n) is 7.77. The zero-order chi connectivity index (χ0) is 43.4. The number of benzene rings is 6. The Kier molecular flexibility index (Phi) is 11.7. The molecule has 62 heavy (non-hydrogen) atoms. The second-order valence-electron chi connectivity index (χ2n) is 14.3. The second-order valence-corrected chi connectivity index (χ2v) is 14.3. The highest BCUT2D eigenvalue weighted by atomic mass is 19.1. The number of nitrogens with zero attached hydrogens (tertiary/aromatic N) is 4.